The van der Waals surface area contributed by atoms with E-state index in [0.717, 1.165) is 11.6 Å². The number of carbonyl (C=O) groups excluding carboxylic acids is 1. The molecule has 2 N–H and O–H groups in total. The average molecular weight is 310 g/mol. The van der Waals surface area contributed by atoms with E-state index in [-0.39, 0.29) is 24.4 Å². The van der Waals surface area contributed by atoms with Crippen LogP contribution in [0.25, 0.3) is 5.69 Å². The molecule has 0 radical (unpaired) electrons. The van der Waals surface area contributed by atoms with Crippen LogP contribution in [-0.2, 0) is 19.1 Å². The molecule has 0 aliphatic rings. The molecule has 3 nitrogen and oxygen atoms in total. The Morgan fingerprint density at radius 1 is 1.27 bits per heavy atom. The Morgan fingerprint density at radius 2 is 1.95 bits per heavy atom. The third kappa shape index (κ3) is 2.92. The van der Waals surface area contributed by atoms with Gasteiger partial charge in [-0.3, -0.25) is 4.79 Å². The summed E-state index contributed by atoms with van der Waals surface area (Å²) in [6, 6.07) is 7.80. The van der Waals surface area contributed by atoms with E-state index in [0.29, 0.717) is 5.69 Å². The molecule has 1 heterocycles. The largest absolute Gasteiger partial charge is 0.418 e. The summed E-state index contributed by atoms with van der Waals surface area (Å²) in [5.41, 5.74) is 6.22. The number of halogens is 3. The van der Waals surface area contributed by atoms with Crippen molar-refractivity contribution in [1.82, 2.24) is 4.57 Å². The van der Waals surface area contributed by atoms with Crippen molar-refractivity contribution >= 4 is 5.78 Å². The fourth-order valence-corrected chi connectivity index (χ4v) is 2.52. The van der Waals surface area contributed by atoms with Gasteiger partial charge >= 0.3 is 6.18 Å². The maximum absolute atomic E-state index is 13.2. The van der Waals surface area contributed by atoms with Crippen LogP contribution in [0.2, 0.25) is 0 Å². The minimum absolute atomic E-state index is 0.0262. The molecule has 0 amide bonds. The number of carbonyl (C=O) groups is 1. The number of nitrogens with zero attached hydrogens (tertiary/aromatic N) is 1. The van der Waals surface area contributed by atoms with Crippen molar-refractivity contribution in [3.63, 3.8) is 0 Å². The molecule has 0 saturated carbocycles. The van der Waals surface area contributed by atoms with Crippen molar-refractivity contribution in [2.45, 2.75) is 33.0 Å². The van der Waals surface area contributed by atoms with Crippen molar-refractivity contribution in [1.29, 1.82) is 0 Å². The van der Waals surface area contributed by atoms with Crippen molar-refractivity contribution in [2.24, 2.45) is 5.73 Å². The van der Waals surface area contributed by atoms with Crippen LogP contribution in [-0.4, -0.2) is 10.4 Å². The molecule has 2 aromatic rings. The van der Waals surface area contributed by atoms with Crippen LogP contribution in [0, 0.1) is 0 Å². The van der Waals surface area contributed by atoms with E-state index in [1.807, 2.05) is 0 Å². The van der Waals surface area contributed by atoms with E-state index in [2.05, 4.69) is 0 Å². The summed E-state index contributed by atoms with van der Waals surface area (Å²) >= 11 is 0. The fourth-order valence-electron chi connectivity index (χ4n) is 2.52. The summed E-state index contributed by atoms with van der Waals surface area (Å²) in [7, 11) is 0. The maximum Gasteiger partial charge on any atom is 0.418 e. The Kier molecular flexibility index (Phi) is 4.42. The molecule has 0 atom stereocenters. The summed E-state index contributed by atoms with van der Waals surface area (Å²) in [4.78, 5) is 11.8. The van der Waals surface area contributed by atoms with Gasteiger partial charge in [0, 0.05) is 24.8 Å². The molecule has 118 valence electrons. The lowest BCUT2D eigenvalue weighted by Crippen LogP contribution is -2.11. The molecule has 0 aliphatic carbocycles. The smallest absolute Gasteiger partial charge is 0.326 e. The molecule has 0 fully saturated rings. The number of hydrogen-bond acceptors (Lipinski definition) is 2. The number of rotatable bonds is 4. The molecule has 0 bridgehead atoms. The first-order chi connectivity index (χ1) is 10.3. The minimum atomic E-state index is -4.49. The van der Waals surface area contributed by atoms with Gasteiger partial charge in [-0.15, -0.1) is 0 Å². The normalized spacial score (nSPS) is 11.7. The number of alkyl halides is 3. The molecular weight excluding hydrogens is 293 g/mol. The molecule has 0 spiro atoms. The fraction of sp³-hybridized carbons (Fsp3) is 0.312. The van der Waals surface area contributed by atoms with Crippen LogP contribution in [0.5, 0.6) is 0 Å². The van der Waals surface area contributed by atoms with Crippen LogP contribution in [0.1, 0.15) is 41.2 Å². The SMILES string of the molecule is CCc1c(C(F)(F)F)cc(C(C)=O)n1-c1cccc(CN)c1. The third-order valence-corrected chi connectivity index (χ3v) is 3.51. The second-order valence-electron chi connectivity index (χ2n) is 5.01. The summed E-state index contributed by atoms with van der Waals surface area (Å²) < 4.78 is 41.0. The van der Waals surface area contributed by atoms with Crippen LogP contribution >= 0.6 is 0 Å². The number of hydrogen-bond donors (Lipinski definition) is 1. The monoisotopic (exact) mass is 310 g/mol. The van der Waals surface area contributed by atoms with Gasteiger partial charge in [-0.05, 0) is 30.2 Å². The number of aromatic nitrogens is 1. The zero-order valence-electron chi connectivity index (χ0n) is 12.4. The lowest BCUT2D eigenvalue weighted by molar-refractivity contribution is -0.138. The third-order valence-electron chi connectivity index (χ3n) is 3.51. The molecule has 6 heteroatoms. The predicted molar refractivity (Wildman–Crippen MR) is 78.0 cm³/mol. The zero-order chi connectivity index (χ0) is 16.5. The first-order valence-corrected chi connectivity index (χ1v) is 6.91. The van der Waals surface area contributed by atoms with E-state index in [4.69, 9.17) is 5.73 Å². The van der Waals surface area contributed by atoms with Crippen molar-refractivity contribution in [3.8, 4) is 5.69 Å². The molecule has 0 saturated heterocycles. The average Bonchev–Trinajstić information content (AvgIpc) is 2.87. The summed E-state index contributed by atoms with van der Waals surface area (Å²) in [6.45, 7) is 3.17. The molecule has 0 aliphatic heterocycles. The Labute approximate surface area is 126 Å². The van der Waals surface area contributed by atoms with Gasteiger partial charge in [-0.25, -0.2) is 0 Å². The Bertz CT molecular complexity index is 702. The summed E-state index contributed by atoms with van der Waals surface area (Å²) in [5.74, 6) is -0.414. The van der Waals surface area contributed by atoms with Gasteiger partial charge in [0.15, 0.2) is 5.78 Å². The van der Waals surface area contributed by atoms with Crippen molar-refractivity contribution in [3.05, 3.63) is 52.8 Å². The van der Waals surface area contributed by atoms with Gasteiger partial charge in [0.1, 0.15) is 0 Å². The van der Waals surface area contributed by atoms with Gasteiger partial charge in [0.25, 0.3) is 0 Å². The topological polar surface area (TPSA) is 48.0 Å². The lowest BCUT2D eigenvalue weighted by atomic mass is 10.1. The maximum atomic E-state index is 13.2. The van der Waals surface area contributed by atoms with Gasteiger partial charge in [-0.2, -0.15) is 13.2 Å². The number of Topliss-reactive ketones (excluding diaryl/α,β-unsaturated/α-hetero) is 1. The highest BCUT2D eigenvalue weighted by atomic mass is 19.4. The summed E-state index contributed by atoms with van der Waals surface area (Å²) in [6.07, 6.45) is -4.33. The van der Waals surface area contributed by atoms with Crippen LogP contribution in [0.3, 0.4) is 0 Å². The second-order valence-corrected chi connectivity index (χ2v) is 5.01. The number of benzene rings is 1. The number of nitrogens with two attached hydrogens (primary N) is 1. The van der Waals surface area contributed by atoms with Crippen LogP contribution in [0.15, 0.2) is 30.3 Å². The van der Waals surface area contributed by atoms with Gasteiger partial charge in [0.2, 0.25) is 0 Å². The molecule has 22 heavy (non-hydrogen) atoms. The van der Waals surface area contributed by atoms with Crippen molar-refractivity contribution < 1.29 is 18.0 Å². The first kappa shape index (κ1) is 16.3. The lowest BCUT2D eigenvalue weighted by Gasteiger charge is -2.14. The molecular formula is C16H17F3N2O. The highest BCUT2D eigenvalue weighted by Crippen LogP contribution is 2.36. The van der Waals surface area contributed by atoms with E-state index in [1.54, 1.807) is 31.2 Å². The molecule has 2 rings (SSSR count). The zero-order valence-corrected chi connectivity index (χ0v) is 12.4. The highest BCUT2D eigenvalue weighted by Gasteiger charge is 2.37. The summed E-state index contributed by atoms with van der Waals surface area (Å²) in [5, 5.41) is 0. The highest BCUT2D eigenvalue weighted by molar-refractivity contribution is 5.94. The molecule has 1 aromatic carbocycles. The van der Waals surface area contributed by atoms with Gasteiger partial charge in [-0.1, -0.05) is 19.1 Å². The van der Waals surface area contributed by atoms with E-state index in [1.165, 1.54) is 11.5 Å². The molecule has 1 aromatic heterocycles. The van der Waals surface area contributed by atoms with Crippen LogP contribution in [0.4, 0.5) is 13.2 Å². The Balaban J connectivity index is 2.77. The van der Waals surface area contributed by atoms with Crippen LogP contribution < -0.4 is 5.73 Å². The first-order valence-electron chi connectivity index (χ1n) is 6.91. The Morgan fingerprint density at radius 3 is 2.45 bits per heavy atom. The Hall–Kier alpha value is -2.08. The minimum Gasteiger partial charge on any atom is -0.326 e. The molecule has 0 unspecified atom stereocenters. The van der Waals surface area contributed by atoms with E-state index in [9.17, 15) is 18.0 Å². The van der Waals surface area contributed by atoms with E-state index >= 15 is 0 Å². The second kappa shape index (κ2) is 5.96. The van der Waals surface area contributed by atoms with E-state index < -0.39 is 17.5 Å². The quantitative estimate of drug-likeness (QED) is 0.875. The van der Waals surface area contributed by atoms with Crippen molar-refractivity contribution in [2.75, 3.05) is 0 Å². The predicted octanol–water partition coefficient (Wildman–Crippen LogP) is 3.72. The van der Waals surface area contributed by atoms with Gasteiger partial charge < -0.3 is 10.3 Å². The van der Waals surface area contributed by atoms with Gasteiger partial charge in [0.05, 0.1) is 11.3 Å². The number of ketones is 1. The standard InChI is InChI=1S/C16H17F3N2O/c1-3-14-13(16(17,18)19)8-15(10(2)22)21(14)12-6-4-5-11(7-12)9-20/h4-8H,3,9,20H2,1-2H3.